The van der Waals surface area contributed by atoms with Crippen LogP contribution in [-0.2, 0) is 6.61 Å². The van der Waals surface area contributed by atoms with E-state index in [1.54, 1.807) is 7.11 Å². The van der Waals surface area contributed by atoms with E-state index < -0.39 is 0 Å². The molecule has 4 nitrogen and oxygen atoms in total. The first-order valence-electron chi connectivity index (χ1n) is 8.56. The Hall–Kier alpha value is -2.36. The quantitative estimate of drug-likeness (QED) is 0.841. The maximum Gasteiger partial charge on any atom is 0.122 e. The molecule has 24 heavy (non-hydrogen) atoms. The zero-order valence-corrected chi connectivity index (χ0v) is 14.5. The number of nitrogen functional groups attached to an aromatic ring is 1. The second-order valence-electron chi connectivity index (χ2n) is 6.55. The molecule has 4 heteroatoms. The van der Waals surface area contributed by atoms with Crippen molar-refractivity contribution < 1.29 is 9.47 Å². The van der Waals surface area contributed by atoms with Crippen LogP contribution in [0.2, 0.25) is 0 Å². The van der Waals surface area contributed by atoms with Crippen molar-refractivity contribution in [1.82, 2.24) is 0 Å². The van der Waals surface area contributed by atoms with Gasteiger partial charge in [0.25, 0.3) is 0 Å². The summed E-state index contributed by atoms with van der Waals surface area (Å²) in [7, 11) is 1.67. The largest absolute Gasteiger partial charge is 0.497 e. The average molecular weight is 326 g/mol. The maximum absolute atomic E-state index is 6.27. The van der Waals surface area contributed by atoms with Crippen LogP contribution in [0, 0.1) is 5.92 Å². The van der Waals surface area contributed by atoms with Crippen molar-refractivity contribution in [3.63, 3.8) is 0 Å². The Kier molecular flexibility index (Phi) is 5.14. The third kappa shape index (κ3) is 3.94. The van der Waals surface area contributed by atoms with Gasteiger partial charge in [0.15, 0.2) is 0 Å². The summed E-state index contributed by atoms with van der Waals surface area (Å²) in [5.74, 6) is 2.38. The smallest absolute Gasteiger partial charge is 0.122 e. The Morgan fingerprint density at radius 3 is 2.54 bits per heavy atom. The van der Waals surface area contributed by atoms with Crippen LogP contribution in [-0.4, -0.2) is 20.2 Å². The van der Waals surface area contributed by atoms with E-state index in [4.69, 9.17) is 15.2 Å². The molecule has 1 unspecified atom stereocenters. The summed E-state index contributed by atoms with van der Waals surface area (Å²) < 4.78 is 11.0. The van der Waals surface area contributed by atoms with Gasteiger partial charge < -0.3 is 20.1 Å². The van der Waals surface area contributed by atoms with Gasteiger partial charge in [-0.25, -0.2) is 0 Å². The molecule has 0 aliphatic carbocycles. The van der Waals surface area contributed by atoms with E-state index in [2.05, 4.69) is 17.9 Å². The molecule has 0 bridgehead atoms. The first-order valence-corrected chi connectivity index (χ1v) is 8.56. The van der Waals surface area contributed by atoms with Crippen LogP contribution < -0.4 is 20.1 Å². The fourth-order valence-corrected chi connectivity index (χ4v) is 3.21. The topological polar surface area (TPSA) is 47.7 Å². The van der Waals surface area contributed by atoms with E-state index in [9.17, 15) is 0 Å². The number of nitrogens with zero attached hydrogens (tertiary/aromatic N) is 1. The van der Waals surface area contributed by atoms with Crippen LogP contribution in [0.3, 0.4) is 0 Å². The molecule has 1 atom stereocenters. The average Bonchev–Trinajstić information content (AvgIpc) is 2.60. The van der Waals surface area contributed by atoms with Gasteiger partial charge in [0.1, 0.15) is 18.1 Å². The van der Waals surface area contributed by atoms with Crippen molar-refractivity contribution in [2.75, 3.05) is 30.8 Å². The van der Waals surface area contributed by atoms with Crippen LogP contribution >= 0.6 is 0 Å². The molecule has 2 aromatic carbocycles. The summed E-state index contributed by atoms with van der Waals surface area (Å²) >= 11 is 0. The number of hydrogen-bond acceptors (Lipinski definition) is 4. The third-order valence-corrected chi connectivity index (χ3v) is 4.56. The number of anilines is 2. The fourth-order valence-electron chi connectivity index (χ4n) is 3.21. The van der Waals surface area contributed by atoms with Gasteiger partial charge in [-0.3, -0.25) is 0 Å². The van der Waals surface area contributed by atoms with E-state index in [-0.39, 0.29) is 0 Å². The Bertz CT molecular complexity index is 670. The molecule has 128 valence electrons. The standard InChI is InChI=1S/C20H26N2O2/c1-15-4-3-11-22(13-15)20-10-9-18(12-19(20)21)24-14-16-5-7-17(23-2)8-6-16/h5-10,12,15H,3-4,11,13-14,21H2,1-2H3. The number of ether oxygens (including phenoxy) is 2. The van der Waals surface area contributed by atoms with E-state index >= 15 is 0 Å². The molecule has 0 spiro atoms. The summed E-state index contributed by atoms with van der Waals surface area (Å²) in [6.07, 6.45) is 2.54. The molecular weight excluding hydrogens is 300 g/mol. The van der Waals surface area contributed by atoms with Crippen molar-refractivity contribution in [1.29, 1.82) is 0 Å². The van der Waals surface area contributed by atoms with Gasteiger partial charge in [0, 0.05) is 19.2 Å². The zero-order chi connectivity index (χ0) is 16.9. The Morgan fingerprint density at radius 1 is 1.12 bits per heavy atom. The highest BCUT2D eigenvalue weighted by Crippen LogP contribution is 2.31. The van der Waals surface area contributed by atoms with Crippen molar-refractivity contribution in [3.05, 3.63) is 48.0 Å². The lowest BCUT2D eigenvalue weighted by Gasteiger charge is -2.33. The van der Waals surface area contributed by atoms with E-state index in [0.717, 1.165) is 47.4 Å². The first-order chi connectivity index (χ1) is 11.7. The molecule has 1 saturated heterocycles. The SMILES string of the molecule is COc1ccc(COc2ccc(N3CCCC(C)C3)c(N)c2)cc1. The van der Waals surface area contributed by atoms with Gasteiger partial charge in [-0.1, -0.05) is 19.1 Å². The predicted molar refractivity (Wildman–Crippen MR) is 98.8 cm³/mol. The minimum atomic E-state index is 0.517. The Balaban J connectivity index is 1.63. The highest BCUT2D eigenvalue weighted by atomic mass is 16.5. The van der Waals surface area contributed by atoms with E-state index in [1.807, 2.05) is 36.4 Å². The van der Waals surface area contributed by atoms with Crippen molar-refractivity contribution in [2.24, 2.45) is 5.92 Å². The predicted octanol–water partition coefficient (Wildman–Crippen LogP) is 4.09. The summed E-state index contributed by atoms with van der Waals surface area (Å²) in [4.78, 5) is 2.39. The van der Waals surface area contributed by atoms with Gasteiger partial charge in [0.2, 0.25) is 0 Å². The second-order valence-corrected chi connectivity index (χ2v) is 6.55. The highest BCUT2D eigenvalue weighted by Gasteiger charge is 2.18. The second kappa shape index (κ2) is 7.47. The molecule has 1 heterocycles. The molecule has 3 rings (SSSR count). The Morgan fingerprint density at radius 2 is 1.88 bits per heavy atom. The number of methoxy groups -OCH3 is 1. The normalized spacial score (nSPS) is 17.6. The minimum Gasteiger partial charge on any atom is -0.497 e. The first kappa shape index (κ1) is 16.5. The number of nitrogens with two attached hydrogens (primary N) is 1. The molecule has 0 aromatic heterocycles. The van der Waals surface area contributed by atoms with Crippen molar-refractivity contribution in [2.45, 2.75) is 26.4 Å². The molecule has 0 amide bonds. The molecule has 1 fully saturated rings. The third-order valence-electron chi connectivity index (χ3n) is 4.56. The van der Waals surface area contributed by atoms with Crippen LogP contribution in [0.5, 0.6) is 11.5 Å². The van der Waals surface area contributed by atoms with Crippen LogP contribution in [0.4, 0.5) is 11.4 Å². The summed E-state index contributed by atoms with van der Waals surface area (Å²) in [5, 5.41) is 0. The minimum absolute atomic E-state index is 0.517. The number of hydrogen-bond donors (Lipinski definition) is 1. The fraction of sp³-hybridized carbons (Fsp3) is 0.400. The lowest BCUT2D eigenvalue weighted by Crippen LogP contribution is -2.34. The summed E-state index contributed by atoms with van der Waals surface area (Å²) in [5.41, 5.74) is 9.28. The molecule has 1 aliphatic rings. The number of piperidine rings is 1. The zero-order valence-electron chi connectivity index (χ0n) is 14.5. The van der Waals surface area contributed by atoms with E-state index in [1.165, 1.54) is 12.8 Å². The lowest BCUT2D eigenvalue weighted by atomic mass is 9.99. The van der Waals surface area contributed by atoms with Gasteiger partial charge >= 0.3 is 0 Å². The van der Waals surface area contributed by atoms with Crippen molar-refractivity contribution in [3.8, 4) is 11.5 Å². The van der Waals surface area contributed by atoms with Gasteiger partial charge in [0.05, 0.1) is 18.5 Å². The highest BCUT2D eigenvalue weighted by molar-refractivity contribution is 5.69. The van der Waals surface area contributed by atoms with Gasteiger partial charge in [-0.2, -0.15) is 0 Å². The summed E-state index contributed by atoms with van der Waals surface area (Å²) in [6, 6.07) is 13.9. The number of rotatable bonds is 5. The monoisotopic (exact) mass is 326 g/mol. The number of benzene rings is 2. The molecular formula is C20H26N2O2. The maximum atomic E-state index is 6.27. The van der Waals surface area contributed by atoms with Crippen LogP contribution in [0.25, 0.3) is 0 Å². The summed E-state index contributed by atoms with van der Waals surface area (Å²) in [6.45, 7) is 4.98. The van der Waals surface area contributed by atoms with Gasteiger partial charge in [-0.05, 0) is 48.6 Å². The Labute approximate surface area is 144 Å². The van der Waals surface area contributed by atoms with Crippen LogP contribution in [0.1, 0.15) is 25.3 Å². The lowest BCUT2D eigenvalue weighted by molar-refractivity contribution is 0.306. The molecule has 0 saturated carbocycles. The van der Waals surface area contributed by atoms with Crippen LogP contribution in [0.15, 0.2) is 42.5 Å². The molecule has 2 N–H and O–H groups in total. The molecule has 2 aromatic rings. The van der Waals surface area contributed by atoms with E-state index in [0.29, 0.717) is 6.61 Å². The molecule has 1 aliphatic heterocycles. The van der Waals surface area contributed by atoms with Gasteiger partial charge in [-0.15, -0.1) is 0 Å². The van der Waals surface area contributed by atoms with Crippen molar-refractivity contribution >= 4 is 11.4 Å². The molecule has 0 radical (unpaired) electrons.